The maximum atomic E-state index is 11.5. The number of rotatable bonds is 7. The van der Waals surface area contributed by atoms with Crippen LogP contribution in [0.15, 0.2) is 22.5 Å². The summed E-state index contributed by atoms with van der Waals surface area (Å²) in [6, 6.07) is 4.63. The van der Waals surface area contributed by atoms with Crippen LogP contribution in [0.25, 0.3) is 0 Å². The van der Waals surface area contributed by atoms with Gasteiger partial charge in [0, 0.05) is 31.2 Å². The predicted octanol–water partition coefficient (Wildman–Crippen LogP) is 1.60. The minimum Gasteiger partial charge on any atom is -0.363 e. The molecule has 26 heavy (non-hydrogen) atoms. The quantitative estimate of drug-likeness (QED) is 0.477. The zero-order valence-corrected chi connectivity index (χ0v) is 17.7. The Morgan fingerprint density at radius 3 is 2.62 bits per heavy atom. The lowest BCUT2D eigenvalue weighted by atomic mass is 10.1. The maximum Gasteiger partial charge on any atom is 0.209 e. The van der Waals surface area contributed by atoms with Crippen molar-refractivity contribution in [3.63, 3.8) is 0 Å². The fourth-order valence-electron chi connectivity index (χ4n) is 3.02. The molecule has 0 saturated carbocycles. The lowest BCUT2D eigenvalue weighted by Crippen LogP contribution is -2.50. The first-order chi connectivity index (χ1) is 12.2. The number of hydrogen-bond donors (Lipinski definition) is 3. The van der Waals surface area contributed by atoms with Crippen LogP contribution in [0.1, 0.15) is 33.6 Å². The van der Waals surface area contributed by atoms with Crippen LogP contribution in [0.4, 0.5) is 5.00 Å². The molecule has 1 saturated heterocycles. The maximum absolute atomic E-state index is 11.5. The third kappa shape index (κ3) is 7.13. The number of nitrogens with zero attached hydrogens (tertiary/aromatic N) is 2. The van der Waals surface area contributed by atoms with Crippen LogP contribution in [-0.2, 0) is 10.0 Å². The van der Waals surface area contributed by atoms with Gasteiger partial charge in [-0.05, 0) is 51.1 Å². The topological polar surface area (TPSA) is 85.8 Å². The van der Waals surface area contributed by atoms with Gasteiger partial charge in [0.25, 0.3) is 0 Å². The summed E-state index contributed by atoms with van der Waals surface area (Å²) >= 11 is 1.78. The molecule has 0 spiro atoms. The van der Waals surface area contributed by atoms with Gasteiger partial charge < -0.3 is 15.5 Å². The van der Waals surface area contributed by atoms with Gasteiger partial charge in [-0.1, -0.05) is 0 Å². The molecule has 7 nitrogen and oxygen atoms in total. The van der Waals surface area contributed by atoms with Gasteiger partial charge in [-0.3, -0.25) is 4.99 Å². The Kier molecular flexibility index (Phi) is 7.31. The van der Waals surface area contributed by atoms with Crippen LogP contribution in [0.5, 0.6) is 0 Å². The lowest BCUT2D eigenvalue weighted by molar-refractivity contribution is 0.451. The number of aliphatic imine (C=N–C) groups is 1. The molecule has 1 fully saturated rings. The minimum atomic E-state index is -3.26. The predicted molar refractivity (Wildman–Crippen MR) is 111 cm³/mol. The van der Waals surface area contributed by atoms with E-state index in [0.29, 0.717) is 12.6 Å². The standard InChI is InChI=1S/C17H31N5O2S2/c1-5-18-16(19-13-17(2,3)21-26(4,23)24)20-14-8-10-22(11-9-14)15-7-6-12-25-15/h6-7,12,14,21H,5,8-11,13H2,1-4H3,(H2,18,19,20). The van der Waals surface area contributed by atoms with Gasteiger partial charge in [-0.2, -0.15) is 0 Å². The molecule has 3 N–H and O–H groups in total. The first-order valence-corrected chi connectivity index (χ1v) is 11.8. The molecule has 0 aliphatic carbocycles. The molecule has 0 aromatic carbocycles. The van der Waals surface area contributed by atoms with E-state index in [1.54, 1.807) is 11.3 Å². The number of anilines is 1. The van der Waals surface area contributed by atoms with Crippen LogP contribution < -0.4 is 20.3 Å². The molecular formula is C17H31N5O2S2. The van der Waals surface area contributed by atoms with Crippen LogP contribution in [0.2, 0.25) is 0 Å². The van der Waals surface area contributed by atoms with Crippen molar-refractivity contribution < 1.29 is 8.42 Å². The molecule has 1 aromatic rings. The molecule has 1 aliphatic rings. The Morgan fingerprint density at radius 2 is 2.08 bits per heavy atom. The SMILES string of the molecule is CCNC(=NCC(C)(C)NS(C)(=O)=O)NC1CCN(c2cccs2)CC1. The second-order valence-electron chi connectivity index (χ2n) is 7.31. The Morgan fingerprint density at radius 1 is 1.38 bits per heavy atom. The van der Waals surface area contributed by atoms with Crippen LogP contribution >= 0.6 is 11.3 Å². The third-order valence-corrected chi connectivity index (χ3v) is 5.94. The monoisotopic (exact) mass is 401 g/mol. The third-order valence-electron chi connectivity index (χ3n) is 4.09. The van der Waals surface area contributed by atoms with E-state index < -0.39 is 15.6 Å². The summed E-state index contributed by atoms with van der Waals surface area (Å²) in [5.74, 6) is 0.741. The van der Waals surface area contributed by atoms with Gasteiger partial charge in [0.2, 0.25) is 10.0 Å². The number of guanidine groups is 1. The molecule has 148 valence electrons. The van der Waals surface area contributed by atoms with Gasteiger partial charge in [0.1, 0.15) is 0 Å². The van der Waals surface area contributed by atoms with Crippen molar-refractivity contribution in [1.82, 2.24) is 15.4 Å². The van der Waals surface area contributed by atoms with E-state index in [-0.39, 0.29) is 0 Å². The van der Waals surface area contributed by atoms with Crippen LogP contribution in [0, 0.1) is 0 Å². The van der Waals surface area contributed by atoms with E-state index in [9.17, 15) is 8.42 Å². The summed E-state index contributed by atoms with van der Waals surface area (Å²) in [7, 11) is -3.26. The smallest absolute Gasteiger partial charge is 0.209 e. The molecule has 2 rings (SSSR count). The molecule has 0 radical (unpaired) electrons. The van der Waals surface area contributed by atoms with Gasteiger partial charge in [-0.25, -0.2) is 13.1 Å². The van der Waals surface area contributed by atoms with Crippen molar-refractivity contribution in [3.8, 4) is 0 Å². The number of nitrogens with one attached hydrogen (secondary N) is 3. The summed E-state index contributed by atoms with van der Waals surface area (Å²) in [6.45, 7) is 8.87. The lowest BCUT2D eigenvalue weighted by Gasteiger charge is -2.33. The molecule has 0 amide bonds. The summed E-state index contributed by atoms with van der Waals surface area (Å²) in [6.07, 6.45) is 3.27. The van der Waals surface area contributed by atoms with Crippen molar-refractivity contribution >= 4 is 32.3 Å². The van der Waals surface area contributed by atoms with Crippen molar-refractivity contribution in [2.24, 2.45) is 4.99 Å². The highest BCUT2D eigenvalue weighted by Gasteiger charge is 2.23. The largest absolute Gasteiger partial charge is 0.363 e. The summed E-state index contributed by atoms with van der Waals surface area (Å²) < 4.78 is 25.6. The van der Waals surface area contributed by atoms with Crippen LogP contribution in [0.3, 0.4) is 0 Å². The van der Waals surface area contributed by atoms with E-state index in [1.165, 1.54) is 11.3 Å². The van der Waals surface area contributed by atoms with Crippen molar-refractivity contribution in [2.75, 3.05) is 37.3 Å². The van der Waals surface area contributed by atoms with Gasteiger partial charge in [-0.15, -0.1) is 11.3 Å². The van der Waals surface area contributed by atoms with E-state index >= 15 is 0 Å². The average molecular weight is 402 g/mol. The van der Waals surface area contributed by atoms with Gasteiger partial charge in [0.05, 0.1) is 17.8 Å². The molecule has 9 heteroatoms. The van der Waals surface area contributed by atoms with Crippen molar-refractivity contribution in [1.29, 1.82) is 0 Å². The van der Waals surface area contributed by atoms with Crippen LogP contribution in [-0.4, -0.2) is 58.4 Å². The van der Waals surface area contributed by atoms with E-state index in [4.69, 9.17) is 0 Å². The van der Waals surface area contributed by atoms with E-state index in [1.807, 2.05) is 20.8 Å². The van der Waals surface area contributed by atoms with Crippen molar-refractivity contribution in [3.05, 3.63) is 17.5 Å². The fraction of sp³-hybridized carbons (Fsp3) is 0.706. The Balaban J connectivity index is 1.89. The zero-order chi connectivity index (χ0) is 19.2. The first-order valence-electron chi connectivity index (χ1n) is 9.01. The highest BCUT2D eigenvalue weighted by molar-refractivity contribution is 7.88. The zero-order valence-electron chi connectivity index (χ0n) is 16.1. The Labute approximate surface area is 161 Å². The summed E-state index contributed by atoms with van der Waals surface area (Å²) in [5, 5.41) is 10.2. The Bertz CT molecular complexity index is 678. The molecular weight excluding hydrogens is 370 g/mol. The highest BCUT2D eigenvalue weighted by Crippen LogP contribution is 2.24. The number of sulfonamides is 1. The van der Waals surface area contributed by atoms with E-state index in [2.05, 4.69) is 42.8 Å². The molecule has 0 atom stereocenters. The molecule has 1 aliphatic heterocycles. The molecule has 0 unspecified atom stereocenters. The first kappa shape index (κ1) is 21.0. The number of piperidine rings is 1. The normalized spacial score (nSPS) is 17.4. The van der Waals surface area contributed by atoms with Gasteiger partial charge in [0.15, 0.2) is 5.96 Å². The van der Waals surface area contributed by atoms with Gasteiger partial charge >= 0.3 is 0 Å². The fourth-order valence-corrected chi connectivity index (χ4v) is 4.87. The summed E-state index contributed by atoms with van der Waals surface area (Å²) in [5.41, 5.74) is -0.627. The molecule has 0 bridgehead atoms. The molecule has 1 aromatic heterocycles. The molecule has 2 heterocycles. The highest BCUT2D eigenvalue weighted by atomic mass is 32.2. The minimum absolute atomic E-state index is 0.365. The summed E-state index contributed by atoms with van der Waals surface area (Å²) in [4.78, 5) is 7.01. The second kappa shape index (κ2) is 9.05. The number of thiophene rings is 1. The average Bonchev–Trinajstić information content (AvgIpc) is 3.06. The Hall–Kier alpha value is -1.32. The van der Waals surface area contributed by atoms with E-state index in [0.717, 1.165) is 38.4 Å². The number of hydrogen-bond acceptors (Lipinski definition) is 5. The van der Waals surface area contributed by atoms with Crippen molar-refractivity contribution in [2.45, 2.75) is 45.2 Å². The second-order valence-corrected chi connectivity index (χ2v) is 9.98.